The second-order valence-corrected chi connectivity index (χ2v) is 7.59. The van der Waals surface area contributed by atoms with Gasteiger partial charge in [-0.1, -0.05) is 60.7 Å². The van der Waals surface area contributed by atoms with E-state index in [1.54, 1.807) is 0 Å². The summed E-state index contributed by atoms with van der Waals surface area (Å²) in [6, 6.07) is 25.0. The Labute approximate surface area is 167 Å². The summed E-state index contributed by atoms with van der Waals surface area (Å²) in [4.78, 5) is 2.58. The van der Waals surface area contributed by atoms with Crippen LogP contribution in [0.15, 0.2) is 72.8 Å². The van der Waals surface area contributed by atoms with E-state index in [4.69, 9.17) is 0 Å². The van der Waals surface area contributed by atoms with Crippen molar-refractivity contribution in [2.24, 2.45) is 5.92 Å². The van der Waals surface area contributed by atoms with Crippen LogP contribution < -0.4 is 5.32 Å². The quantitative estimate of drug-likeness (QED) is 0.643. The number of aromatic nitrogens is 2. The highest BCUT2D eigenvalue weighted by atomic mass is 15.2. The monoisotopic (exact) mass is 372 g/mol. The molecule has 0 spiro atoms. The van der Waals surface area contributed by atoms with E-state index in [2.05, 4.69) is 62.9 Å². The van der Waals surface area contributed by atoms with Crippen LogP contribution in [0.1, 0.15) is 24.8 Å². The summed E-state index contributed by atoms with van der Waals surface area (Å²) in [6.45, 7) is 4.44. The van der Waals surface area contributed by atoms with E-state index in [1.165, 1.54) is 37.9 Å². The van der Waals surface area contributed by atoms with Gasteiger partial charge in [0, 0.05) is 18.7 Å². The van der Waals surface area contributed by atoms with Gasteiger partial charge in [0.15, 0.2) is 0 Å². The summed E-state index contributed by atoms with van der Waals surface area (Å²) in [6.07, 6.45) is 3.77. The number of benzene rings is 2. The normalized spacial score (nSPS) is 15.4. The first kappa shape index (κ1) is 18.6. The molecular weight excluding hydrogens is 344 g/mol. The Balaban J connectivity index is 1.18. The minimum Gasteiger partial charge on any atom is -0.369 e. The fourth-order valence-electron chi connectivity index (χ4n) is 3.87. The molecule has 28 heavy (non-hydrogen) atoms. The molecule has 0 radical (unpaired) electrons. The molecule has 1 saturated heterocycles. The lowest BCUT2D eigenvalue weighted by atomic mass is 9.93. The number of likely N-dealkylation sites (tertiary alicyclic amines) is 1. The summed E-state index contributed by atoms with van der Waals surface area (Å²) >= 11 is 0. The molecule has 2 aromatic carbocycles. The largest absolute Gasteiger partial charge is 0.369 e. The predicted molar refractivity (Wildman–Crippen MR) is 115 cm³/mol. The van der Waals surface area contributed by atoms with Gasteiger partial charge >= 0.3 is 0 Å². The van der Waals surface area contributed by atoms with Crippen LogP contribution in [0.25, 0.3) is 11.3 Å². The first-order valence-electron chi connectivity index (χ1n) is 10.3. The molecule has 144 valence electrons. The third-order valence-electron chi connectivity index (χ3n) is 5.55. The molecule has 4 heteroatoms. The lowest BCUT2D eigenvalue weighted by molar-refractivity contribution is 0.174. The molecule has 1 fully saturated rings. The minimum absolute atomic E-state index is 0.802. The van der Waals surface area contributed by atoms with Gasteiger partial charge in [0.25, 0.3) is 0 Å². The van der Waals surface area contributed by atoms with Crippen LogP contribution in [0.2, 0.25) is 0 Å². The van der Waals surface area contributed by atoms with Gasteiger partial charge in [-0.2, -0.15) is 0 Å². The summed E-state index contributed by atoms with van der Waals surface area (Å²) in [5, 5.41) is 12.1. The zero-order valence-corrected chi connectivity index (χ0v) is 16.3. The highest BCUT2D eigenvalue weighted by Crippen LogP contribution is 2.22. The van der Waals surface area contributed by atoms with Gasteiger partial charge in [0.2, 0.25) is 0 Å². The Morgan fingerprint density at radius 1 is 0.821 bits per heavy atom. The maximum atomic E-state index is 4.34. The molecule has 0 atom stereocenters. The molecule has 0 saturated carbocycles. The van der Waals surface area contributed by atoms with Crippen molar-refractivity contribution in [1.29, 1.82) is 0 Å². The Morgan fingerprint density at radius 3 is 2.21 bits per heavy atom. The van der Waals surface area contributed by atoms with E-state index in [0.29, 0.717) is 0 Å². The van der Waals surface area contributed by atoms with Crippen molar-refractivity contribution in [3.63, 3.8) is 0 Å². The third kappa shape index (κ3) is 5.17. The van der Waals surface area contributed by atoms with Crippen LogP contribution in [0, 0.1) is 5.92 Å². The topological polar surface area (TPSA) is 41.0 Å². The number of rotatable bonds is 7. The van der Waals surface area contributed by atoms with Crippen LogP contribution in [0.4, 0.5) is 5.82 Å². The fraction of sp³-hybridized carbons (Fsp3) is 0.333. The maximum absolute atomic E-state index is 4.34. The molecule has 1 aromatic heterocycles. The number of piperidine rings is 1. The van der Waals surface area contributed by atoms with Crippen LogP contribution >= 0.6 is 0 Å². The molecule has 3 aromatic rings. The fourth-order valence-corrected chi connectivity index (χ4v) is 3.87. The highest BCUT2D eigenvalue weighted by molar-refractivity contribution is 5.59. The summed E-state index contributed by atoms with van der Waals surface area (Å²) < 4.78 is 0. The zero-order chi connectivity index (χ0) is 19.0. The molecule has 4 nitrogen and oxygen atoms in total. The van der Waals surface area contributed by atoms with E-state index in [1.807, 2.05) is 30.3 Å². The number of anilines is 1. The van der Waals surface area contributed by atoms with E-state index in [-0.39, 0.29) is 0 Å². The Bertz CT molecular complexity index is 825. The molecule has 1 aliphatic heterocycles. The van der Waals surface area contributed by atoms with Crippen molar-refractivity contribution in [2.75, 3.05) is 25.0 Å². The molecule has 0 unspecified atom stereocenters. The summed E-state index contributed by atoms with van der Waals surface area (Å²) in [7, 11) is 0. The molecular formula is C24H28N4. The number of nitrogens with zero attached hydrogens (tertiary/aromatic N) is 3. The van der Waals surface area contributed by atoms with Gasteiger partial charge in [-0.05, 0) is 56.0 Å². The second-order valence-electron chi connectivity index (χ2n) is 7.59. The minimum atomic E-state index is 0.802. The molecule has 1 aliphatic rings. The Hall–Kier alpha value is -2.72. The van der Waals surface area contributed by atoms with Gasteiger partial charge in [-0.15, -0.1) is 10.2 Å². The van der Waals surface area contributed by atoms with Gasteiger partial charge < -0.3 is 5.32 Å². The smallest absolute Gasteiger partial charge is 0.148 e. The van der Waals surface area contributed by atoms with Gasteiger partial charge in [0.05, 0.1) is 5.69 Å². The number of hydrogen-bond acceptors (Lipinski definition) is 4. The molecule has 0 bridgehead atoms. The third-order valence-corrected chi connectivity index (χ3v) is 5.55. The Kier molecular flexibility index (Phi) is 6.30. The van der Waals surface area contributed by atoms with Crippen molar-refractivity contribution in [2.45, 2.75) is 25.8 Å². The van der Waals surface area contributed by atoms with E-state index in [9.17, 15) is 0 Å². The van der Waals surface area contributed by atoms with Crippen LogP contribution in [-0.4, -0.2) is 34.7 Å². The first-order chi connectivity index (χ1) is 13.9. The summed E-state index contributed by atoms with van der Waals surface area (Å²) in [5.41, 5.74) is 3.43. The molecule has 1 N–H and O–H groups in total. The number of hydrogen-bond donors (Lipinski definition) is 1. The molecule has 2 heterocycles. The standard InChI is InChI=1S/C24H28N4/c1-3-7-21(8-4-1)19-28-17-14-20(15-18-28)13-16-25-24-12-11-23(26-27-24)22-9-5-2-6-10-22/h1-12,20H,13-19H2,(H,25,27). The van der Waals surface area contributed by atoms with Crippen LogP contribution in [0.3, 0.4) is 0 Å². The van der Waals surface area contributed by atoms with Crippen molar-refractivity contribution in [1.82, 2.24) is 15.1 Å². The van der Waals surface area contributed by atoms with Crippen molar-refractivity contribution in [3.8, 4) is 11.3 Å². The van der Waals surface area contributed by atoms with Crippen molar-refractivity contribution in [3.05, 3.63) is 78.4 Å². The van der Waals surface area contributed by atoms with E-state index >= 15 is 0 Å². The summed E-state index contributed by atoms with van der Waals surface area (Å²) in [5.74, 6) is 1.66. The van der Waals surface area contributed by atoms with Crippen molar-refractivity contribution >= 4 is 5.82 Å². The van der Waals surface area contributed by atoms with Crippen LogP contribution in [0.5, 0.6) is 0 Å². The van der Waals surface area contributed by atoms with Gasteiger partial charge in [-0.3, -0.25) is 4.90 Å². The Morgan fingerprint density at radius 2 is 1.54 bits per heavy atom. The maximum Gasteiger partial charge on any atom is 0.148 e. The molecule has 0 aliphatic carbocycles. The van der Waals surface area contributed by atoms with E-state index < -0.39 is 0 Å². The first-order valence-corrected chi connectivity index (χ1v) is 10.3. The molecule has 0 amide bonds. The SMILES string of the molecule is c1ccc(CN2CCC(CCNc3ccc(-c4ccccc4)nn3)CC2)cc1. The average molecular weight is 373 g/mol. The molecule has 4 rings (SSSR count). The lowest BCUT2D eigenvalue weighted by Crippen LogP contribution is -2.33. The predicted octanol–water partition coefficient (Wildman–Crippen LogP) is 4.86. The lowest BCUT2D eigenvalue weighted by Gasteiger charge is -2.32. The zero-order valence-electron chi connectivity index (χ0n) is 16.3. The van der Waals surface area contributed by atoms with Crippen molar-refractivity contribution < 1.29 is 0 Å². The van der Waals surface area contributed by atoms with Crippen LogP contribution in [-0.2, 0) is 6.54 Å². The number of nitrogens with one attached hydrogen (secondary N) is 1. The highest BCUT2D eigenvalue weighted by Gasteiger charge is 2.18. The second kappa shape index (κ2) is 9.47. The van der Waals surface area contributed by atoms with Gasteiger partial charge in [-0.25, -0.2) is 0 Å². The average Bonchev–Trinajstić information content (AvgIpc) is 2.77. The van der Waals surface area contributed by atoms with E-state index in [0.717, 1.165) is 36.1 Å². The van der Waals surface area contributed by atoms with Gasteiger partial charge in [0.1, 0.15) is 5.82 Å².